The molecule has 0 radical (unpaired) electrons. The van der Waals surface area contributed by atoms with E-state index in [4.69, 9.17) is 33.3 Å². The Labute approximate surface area is 217 Å². The fourth-order valence-corrected chi connectivity index (χ4v) is 5.41. The van der Waals surface area contributed by atoms with Crippen molar-refractivity contribution in [1.82, 2.24) is 4.67 Å². The minimum absolute atomic E-state index is 0.0305. The number of nitriles is 1. The van der Waals surface area contributed by atoms with Crippen LogP contribution in [-0.2, 0) is 37.6 Å². The number of methoxy groups -OCH3 is 1. The largest absolute Gasteiger partial charge is 0.455 e. The molecule has 0 aliphatic carbocycles. The lowest BCUT2D eigenvalue weighted by molar-refractivity contribution is -0.183. The Bertz CT molecular complexity index is 679. The van der Waals surface area contributed by atoms with Gasteiger partial charge in [0.25, 0.3) is 8.53 Å². The monoisotopic (exact) mass is 532 g/mol. The molecule has 0 saturated carbocycles. The maximum Gasteiger partial charge on any atom is 0.306 e. The van der Waals surface area contributed by atoms with Gasteiger partial charge >= 0.3 is 11.9 Å². The number of unbranched alkanes of at least 4 members (excludes halogenated alkanes) is 2. The highest BCUT2D eigenvalue weighted by molar-refractivity contribution is 7.44. The van der Waals surface area contributed by atoms with Crippen LogP contribution in [0.5, 0.6) is 0 Å². The van der Waals surface area contributed by atoms with Gasteiger partial charge in [0.1, 0.15) is 6.10 Å². The molecule has 10 nitrogen and oxygen atoms in total. The van der Waals surface area contributed by atoms with E-state index in [-0.39, 0.29) is 50.5 Å². The molecule has 0 bridgehead atoms. The fourth-order valence-electron chi connectivity index (χ4n) is 3.80. The molecule has 0 aromatic rings. The molecule has 0 amide bonds. The molecule has 0 N–H and O–H groups in total. The Morgan fingerprint density at radius 2 is 1.53 bits per heavy atom. The second-order valence-electron chi connectivity index (χ2n) is 9.24. The van der Waals surface area contributed by atoms with Crippen LogP contribution in [0.4, 0.5) is 0 Å². The van der Waals surface area contributed by atoms with Crippen LogP contribution in [0.15, 0.2) is 0 Å². The first-order valence-corrected chi connectivity index (χ1v) is 14.1. The van der Waals surface area contributed by atoms with Crippen molar-refractivity contribution in [2.24, 2.45) is 0 Å². The second-order valence-corrected chi connectivity index (χ2v) is 10.7. The summed E-state index contributed by atoms with van der Waals surface area (Å²) in [7, 11) is -0.0716. The minimum atomic E-state index is -1.52. The van der Waals surface area contributed by atoms with E-state index in [9.17, 15) is 9.59 Å². The third-order valence-corrected chi connectivity index (χ3v) is 7.59. The lowest BCUT2D eigenvalue weighted by atomic mass is 10.1. The van der Waals surface area contributed by atoms with Gasteiger partial charge in [-0.2, -0.15) is 5.26 Å². The number of ether oxygens (including phenoxy) is 4. The summed E-state index contributed by atoms with van der Waals surface area (Å²) in [6, 6.07) is 2.34. The molecule has 0 aromatic carbocycles. The number of nitrogens with zero attached hydrogens (tertiary/aromatic N) is 2. The fraction of sp³-hybridized carbons (Fsp3) is 0.880. The van der Waals surface area contributed by atoms with Gasteiger partial charge in [-0.05, 0) is 40.5 Å². The van der Waals surface area contributed by atoms with Gasteiger partial charge in [0.05, 0.1) is 25.7 Å². The summed E-state index contributed by atoms with van der Waals surface area (Å²) in [6.07, 6.45) is 0.440. The minimum Gasteiger partial charge on any atom is -0.455 e. The highest BCUT2D eigenvalue weighted by Gasteiger charge is 2.50. The van der Waals surface area contributed by atoms with E-state index in [1.165, 1.54) is 7.11 Å². The van der Waals surface area contributed by atoms with Crippen molar-refractivity contribution in [3.8, 4) is 6.07 Å². The molecular formula is C25H45N2O8P. The van der Waals surface area contributed by atoms with Gasteiger partial charge in [0.2, 0.25) is 0 Å². The zero-order valence-corrected chi connectivity index (χ0v) is 23.8. The van der Waals surface area contributed by atoms with Gasteiger partial charge in [-0.15, -0.1) is 0 Å². The Morgan fingerprint density at radius 3 is 2.00 bits per heavy atom. The molecule has 1 saturated heterocycles. The molecule has 0 spiro atoms. The summed E-state index contributed by atoms with van der Waals surface area (Å²) in [6.45, 7) is 12.4. The Kier molecular flexibility index (Phi) is 16.3. The topological polar surface area (TPSA) is 117 Å². The Hall–Kier alpha value is -1.34. The molecule has 1 fully saturated rings. The van der Waals surface area contributed by atoms with Crippen LogP contribution in [0.2, 0.25) is 0 Å². The number of hydrogen-bond acceptors (Lipinski definition) is 10. The van der Waals surface area contributed by atoms with E-state index >= 15 is 0 Å². The first-order valence-electron chi connectivity index (χ1n) is 13.0. The van der Waals surface area contributed by atoms with Crippen LogP contribution in [0.25, 0.3) is 0 Å². The molecule has 1 aliphatic rings. The summed E-state index contributed by atoms with van der Waals surface area (Å²) < 4.78 is 37.2. The van der Waals surface area contributed by atoms with Crippen molar-refractivity contribution in [1.29, 1.82) is 5.26 Å². The molecule has 208 valence electrons. The van der Waals surface area contributed by atoms with E-state index in [0.29, 0.717) is 12.8 Å². The van der Waals surface area contributed by atoms with Crippen molar-refractivity contribution in [2.45, 2.75) is 123 Å². The number of hydrogen-bond donors (Lipinski definition) is 0. The zero-order valence-electron chi connectivity index (χ0n) is 22.9. The normalized spacial score (nSPS) is 22.7. The summed E-state index contributed by atoms with van der Waals surface area (Å²) in [5.41, 5.74) is 0. The number of carbonyl (C=O) groups excluding carboxylic acids is 2. The van der Waals surface area contributed by atoms with Crippen LogP contribution in [-0.4, -0.2) is 73.6 Å². The van der Waals surface area contributed by atoms with E-state index in [1.54, 1.807) is 0 Å². The van der Waals surface area contributed by atoms with E-state index < -0.39 is 39.1 Å². The van der Waals surface area contributed by atoms with E-state index in [1.807, 2.05) is 41.5 Å². The standard InChI is InChI=1S/C25H45N2O8P/c1-8-10-13-21(28)34-23-20(33-25(30-7)24(23)35-22(29)14-11-9-2)17-32-36(31-16-12-15-26)27(18(3)4)19(5)6/h18-20,23-25H,8-14,16-17H2,1-7H3. The quantitative estimate of drug-likeness (QED) is 0.138. The molecule has 5 atom stereocenters. The average Bonchev–Trinajstić information content (AvgIpc) is 3.14. The number of rotatable bonds is 18. The van der Waals surface area contributed by atoms with E-state index in [0.717, 1.165) is 12.8 Å². The van der Waals surface area contributed by atoms with Crippen molar-refractivity contribution >= 4 is 20.5 Å². The summed E-state index contributed by atoms with van der Waals surface area (Å²) in [4.78, 5) is 25.0. The zero-order chi connectivity index (χ0) is 27.1. The Balaban J connectivity index is 3.08. The number of esters is 2. The smallest absolute Gasteiger partial charge is 0.306 e. The molecule has 1 heterocycles. The maximum absolute atomic E-state index is 12.5. The van der Waals surface area contributed by atoms with Crippen molar-refractivity contribution < 1.29 is 37.6 Å². The molecule has 1 aliphatic heterocycles. The summed E-state index contributed by atoms with van der Waals surface area (Å²) in [5, 5.41) is 8.93. The van der Waals surface area contributed by atoms with Crippen LogP contribution in [0, 0.1) is 11.3 Å². The van der Waals surface area contributed by atoms with E-state index in [2.05, 4.69) is 10.7 Å². The third kappa shape index (κ3) is 11.0. The van der Waals surface area contributed by atoms with Crippen molar-refractivity contribution in [3.05, 3.63) is 0 Å². The highest BCUT2D eigenvalue weighted by atomic mass is 31.2. The Morgan fingerprint density at radius 1 is 0.972 bits per heavy atom. The van der Waals surface area contributed by atoms with Crippen molar-refractivity contribution in [2.75, 3.05) is 20.3 Å². The molecule has 1 rings (SSSR count). The van der Waals surface area contributed by atoms with Crippen LogP contribution >= 0.6 is 8.53 Å². The predicted molar refractivity (Wildman–Crippen MR) is 136 cm³/mol. The van der Waals surface area contributed by atoms with Gasteiger partial charge in [-0.25, -0.2) is 4.67 Å². The number of carbonyl (C=O) groups is 2. The van der Waals surface area contributed by atoms with Crippen molar-refractivity contribution in [3.63, 3.8) is 0 Å². The van der Waals surface area contributed by atoms with Gasteiger partial charge in [-0.1, -0.05) is 26.7 Å². The lowest BCUT2D eigenvalue weighted by Gasteiger charge is -2.36. The lowest BCUT2D eigenvalue weighted by Crippen LogP contribution is -2.42. The molecule has 0 aromatic heterocycles. The van der Waals surface area contributed by atoms with Crippen LogP contribution in [0.1, 0.15) is 86.5 Å². The second kappa shape index (κ2) is 18.0. The summed E-state index contributed by atoms with van der Waals surface area (Å²) in [5.74, 6) is -0.781. The first kappa shape index (κ1) is 32.7. The molecule has 36 heavy (non-hydrogen) atoms. The van der Waals surface area contributed by atoms with Gasteiger partial charge < -0.3 is 28.0 Å². The average molecular weight is 533 g/mol. The molecule has 5 unspecified atom stereocenters. The molecular weight excluding hydrogens is 487 g/mol. The first-order chi connectivity index (χ1) is 17.2. The third-order valence-electron chi connectivity index (χ3n) is 5.52. The highest BCUT2D eigenvalue weighted by Crippen LogP contribution is 2.46. The maximum atomic E-state index is 12.5. The van der Waals surface area contributed by atoms with Crippen LogP contribution in [0.3, 0.4) is 0 Å². The summed E-state index contributed by atoms with van der Waals surface area (Å²) >= 11 is 0. The van der Waals surface area contributed by atoms with Gasteiger partial charge in [-0.3, -0.25) is 9.59 Å². The SMILES string of the molecule is CCCCC(=O)OC1C(COP(OCCC#N)N(C(C)C)C(C)C)OC(OC)C1OC(=O)CCCC. The van der Waals surface area contributed by atoms with Crippen LogP contribution < -0.4 is 0 Å². The predicted octanol–water partition coefficient (Wildman–Crippen LogP) is 4.85. The van der Waals surface area contributed by atoms with Gasteiger partial charge in [0, 0.05) is 32.0 Å². The van der Waals surface area contributed by atoms with Gasteiger partial charge in [0.15, 0.2) is 18.5 Å². The molecule has 11 heteroatoms.